The molecule has 0 aliphatic carbocycles. The molecule has 4 nitrogen and oxygen atoms in total. The Morgan fingerprint density at radius 1 is 1.50 bits per heavy atom. The minimum atomic E-state index is 0.376. The highest BCUT2D eigenvalue weighted by Gasteiger charge is 2.25. The number of aliphatic imine (C=N–C) groups is 1. The van der Waals surface area contributed by atoms with Crippen molar-refractivity contribution < 1.29 is 0 Å². The number of hydrogen-bond donors (Lipinski definition) is 1. The average Bonchev–Trinajstić information content (AvgIpc) is 2.94. The predicted octanol–water partition coefficient (Wildman–Crippen LogP) is 2.40. The summed E-state index contributed by atoms with van der Waals surface area (Å²) in [7, 11) is 3.86. The van der Waals surface area contributed by atoms with Gasteiger partial charge in [-0.2, -0.15) is 0 Å². The van der Waals surface area contributed by atoms with Gasteiger partial charge in [-0.3, -0.25) is 9.89 Å². The van der Waals surface area contributed by atoms with Gasteiger partial charge in [0.05, 0.1) is 12.6 Å². The third-order valence-electron chi connectivity index (χ3n) is 4.02. The number of piperidine rings is 1. The van der Waals surface area contributed by atoms with Crippen LogP contribution in [0, 0.1) is 5.92 Å². The Labute approximate surface area is 126 Å². The van der Waals surface area contributed by atoms with E-state index in [2.05, 4.69) is 34.3 Å². The second-order valence-corrected chi connectivity index (χ2v) is 6.82. The number of rotatable bonds is 4. The van der Waals surface area contributed by atoms with E-state index in [1.807, 2.05) is 30.3 Å². The van der Waals surface area contributed by atoms with Crippen LogP contribution in [-0.2, 0) is 0 Å². The molecule has 1 aliphatic heterocycles. The molecule has 20 heavy (non-hydrogen) atoms. The molecule has 2 N–H and O–H groups in total. The van der Waals surface area contributed by atoms with Crippen molar-refractivity contribution in [1.29, 1.82) is 0 Å². The number of thiophene rings is 1. The summed E-state index contributed by atoms with van der Waals surface area (Å²) in [6.07, 6.45) is 2.57. The van der Waals surface area contributed by atoms with E-state index in [1.54, 1.807) is 0 Å². The Kier molecular flexibility index (Phi) is 5.43. The molecule has 5 heteroatoms. The molecule has 1 aliphatic rings. The van der Waals surface area contributed by atoms with Crippen LogP contribution in [0.1, 0.15) is 30.7 Å². The molecule has 1 aromatic rings. The molecule has 1 aromatic heterocycles. The monoisotopic (exact) mass is 294 g/mol. The van der Waals surface area contributed by atoms with Crippen LogP contribution in [0.3, 0.4) is 0 Å². The van der Waals surface area contributed by atoms with Gasteiger partial charge in [0.2, 0.25) is 0 Å². The maximum absolute atomic E-state index is 5.93. The summed E-state index contributed by atoms with van der Waals surface area (Å²) in [4.78, 5) is 10.4. The zero-order chi connectivity index (χ0) is 14.5. The quantitative estimate of drug-likeness (QED) is 0.685. The zero-order valence-corrected chi connectivity index (χ0v) is 13.6. The van der Waals surface area contributed by atoms with Crippen molar-refractivity contribution in [3.63, 3.8) is 0 Å². The molecular formula is C15H26N4S. The molecule has 0 amide bonds. The summed E-state index contributed by atoms with van der Waals surface area (Å²) in [5.74, 6) is 1.46. The van der Waals surface area contributed by atoms with Crippen LogP contribution in [0.2, 0.25) is 0 Å². The number of hydrogen-bond acceptors (Lipinski definition) is 3. The number of nitrogens with zero attached hydrogens (tertiary/aromatic N) is 3. The van der Waals surface area contributed by atoms with Gasteiger partial charge in [-0.25, -0.2) is 0 Å². The Bertz CT molecular complexity index is 419. The van der Waals surface area contributed by atoms with Crippen LogP contribution in [-0.4, -0.2) is 49.5 Å². The SMILES string of the molecule is CC1CCN(C(CN=C(N)N(C)C)c2cccs2)CC1. The molecule has 2 heterocycles. The van der Waals surface area contributed by atoms with Crippen LogP contribution < -0.4 is 5.73 Å². The summed E-state index contributed by atoms with van der Waals surface area (Å²) in [5.41, 5.74) is 5.93. The molecule has 0 saturated carbocycles. The van der Waals surface area contributed by atoms with Crippen molar-refractivity contribution in [2.45, 2.75) is 25.8 Å². The maximum atomic E-state index is 5.93. The molecule has 2 rings (SSSR count). The Balaban J connectivity index is 2.08. The molecule has 0 radical (unpaired) electrons. The summed E-state index contributed by atoms with van der Waals surface area (Å²) >= 11 is 1.82. The summed E-state index contributed by atoms with van der Waals surface area (Å²) in [6.45, 7) is 5.43. The Morgan fingerprint density at radius 3 is 2.75 bits per heavy atom. The Morgan fingerprint density at radius 2 is 2.20 bits per heavy atom. The zero-order valence-electron chi connectivity index (χ0n) is 12.7. The van der Waals surface area contributed by atoms with Gasteiger partial charge in [-0.1, -0.05) is 13.0 Å². The van der Waals surface area contributed by atoms with E-state index in [4.69, 9.17) is 5.73 Å². The first-order valence-electron chi connectivity index (χ1n) is 7.32. The fourth-order valence-corrected chi connectivity index (χ4v) is 3.38. The van der Waals surface area contributed by atoms with Gasteiger partial charge < -0.3 is 10.6 Å². The van der Waals surface area contributed by atoms with Crippen LogP contribution in [0.5, 0.6) is 0 Å². The van der Waals surface area contributed by atoms with Crippen molar-refractivity contribution in [2.24, 2.45) is 16.6 Å². The fraction of sp³-hybridized carbons (Fsp3) is 0.667. The largest absolute Gasteiger partial charge is 0.370 e. The average molecular weight is 294 g/mol. The van der Waals surface area contributed by atoms with Gasteiger partial charge in [-0.05, 0) is 43.3 Å². The lowest BCUT2D eigenvalue weighted by molar-refractivity contribution is 0.143. The highest BCUT2D eigenvalue weighted by Crippen LogP contribution is 2.29. The van der Waals surface area contributed by atoms with Gasteiger partial charge in [0.15, 0.2) is 5.96 Å². The van der Waals surface area contributed by atoms with E-state index in [9.17, 15) is 0 Å². The molecule has 0 spiro atoms. The molecule has 1 saturated heterocycles. The first-order valence-corrected chi connectivity index (χ1v) is 8.20. The van der Waals surface area contributed by atoms with Crippen molar-refractivity contribution >= 4 is 17.3 Å². The van der Waals surface area contributed by atoms with Gasteiger partial charge in [0, 0.05) is 19.0 Å². The van der Waals surface area contributed by atoms with E-state index < -0.39 is 0 Å². The van der Waals surface area contributed by atoms with Gasteiger partial charge in [0.1, 0.15) is 0 Å². The second kappa shape index (κ2) is 7.09. The van der Waals surface area contributed by atoms with E-state index in [1.165, 1.54) is 30.8 Å². The van der Waals surface area contributed by atoms with Crippen LogP contribution >= 0.6 is 11.3 Å². The standard InChI is InChI=1S/C15H26N4S/c1-12-6-8-19(9-7-12)13(14-5-4-10-20-14)11-17-15(16)18(2)3/h4-5,10,12-13H,6-9,11H2,1-3H3,(H2,16,17). The number of guanidine groups is 1. The normalized spacial score (nSPS) is 20.1. The summed E-state index contributed by atoms with van der Waals surface area (Å²) in [6, 6.07) is 4.72. The smallest absolute Gasteiger partial charge is 0.190 e. The lowest BCUT2D eigenvalue weighted by Crippen LogP contribution is -2.38. The highest BCUT2D eigenvalue weighted by molar-refractivity contribution is 7.10. The van der Waals surface area contributed by atoms with Crippen LogP contribution in [0.4, 0.5) is 0 Å². The van der Waals surface area contributed by atoms with Crippen LogP contribution in [0.25, 0.3) is 0 Å². The van der Waals surface area contributed by atoms with Crippen molar-refractivity contribution in [1.82, 2.24) is 9.80 Å². The number of nitrogens with two attached hydrogens (primary N) is 1. The molecule has 1 unspecified atom stereocenters. The lowest BCUT2D eigenvalue weighted by atomic mass is 9.97. The summed E-state index contributed by atoms with van der Waals surface area (Å²) < 4.78 is 0. The van der Waals surface area contributed by atoms with E-state index in [-0.39, 0.29) is 0 Å². The third-order valence-corrected chi connectivity index (χ3v) is 4.99. The first-order chi connectivity index (χ1) is 9.58. The second-order valence-electron chi connectivity index (χ2n) is 5.84. The van der Waals surface area contributed by atoms with Crippen molar-refractivity contribution in [2.75, 3.05) is 33.7 Å². The molecule has 1 fully saturated rings. The van der Waals surface area contributed by atoms with E-state index in [0.717, 1.165) is 12.5 Å². The van der Waals surface area contributed by atoms with Crippen molar-refractivity contribution in [3.05, 3.63) is 22.4 Å². The van der Waals surface area contributed by atoms with Crippen LogP contribution in [0.15, 0.2) is 22.5 Å². The van der Waals surface area contributed by atoms with Gasteiger partial charge in [-0.15, -0.1) is 11.3 Å². The predicted molar refractivity (Wildman–Crippen MR) is 87.2 cm³/mol. The molecular weight excluding hydrogens is 268 g/mol. The fourth-order valence-electron chi connectivity index (χ4n) is 2.53. The third kappa shape index (κ3) is 3.96. The highest BCUT2D eigenvalue weighted by atomic mass is 32.1. The molecule has 0 bridgehead atoms. The Hall–Kier alpha value is -1.07. The number of likely N-dealkylation sites (tertiary alicyclic amines) is 1. The first kappa shape index (κ1) is 15.3. The summed E-state index contributed by atoms with van der Waals surface area (Å²) in [5, 5.41) is 2.15. The van der Waals surface area contributed by atoms with Crippen molar-refractivity contribution in [3.8, 4) is 0 Å². The maximum Gasteiger partial charge on any atom is 0.190 e. The molecule has 0 aromatic carbocycles. The molecule has 1 atom stereocenters. The minimum absolute atomic E-state index is 0.376. The lowest BCUT2D eigenvalue weighted by Gasteiger charge is -2.35. The molecule has 112 valence electrons. The topological polar surface area (TPSA) is 44.9 Å². The minimum Gasteiger partial charge on any atom is -0.370 e. The van der Waals surface area contributed by atoms with E-state index >= 15 is 0 Å². The van der Waals surface area contributed by atoms with E-state index in [0.29, 0.717) is 12.0 Å². The van der Waals surface area contributed by atoms with Gasteiger partial charge in [0.25, 0.3) is 0 Å². The van der Waals surface area contributed by atoms with Gasteiger partial charge >= 0.3 is 0 Å².